The van der Waals surface area contributed by atoms with Gasteiger partial charge in [-0.3, -0.25) is 21.2 Å². The zero-order valence-electron chi connectivity index (χ0n) is 11.3. The molecule has 3 rings (SSSR count). The number of para-hydroxylation sites is 1. The van der Waals surface area contributed by atoms with Crippen molar-refractivity contribution in [3.05, 3.63) is 71.9 Å². The Morgan fingerprint density at radius 2 is 1.90 bits per heavy atom. The van der Waals surface area contributed by atoms with E-state index in [1.807, 2.05) is 30.3 Å². The lowest BCUT2D eigenvalue weighted by molar-refractivity contribution is 0.495. The van der Waals surface area contributed by atoms with Gasteiger partial charge in [-0.2, -0.15) is 0 Å². The Bertz CT molecular complexity index is 755. The highest BCUT2D eigenvalue weighted by Crippen LogP contribution is 2.23. The van der Waals surface area contributed by atoms with Crippen LogP contribution < -0.4 is 11.3 Å². The highest BCUT2D eigenvalue weighted by atomic mass is 19.1. The summed E-state index contributed by atoms with van der Waals surface area (Å²) >= 11 is 0. The lowest BCUT2D eigenvalue weighted by atomic mass is 10.00. The van der Waals surface area contributed by atoms with E-state index in [0.717, 1.165) is 16.5 Å². The minimum atomic E-state index is -0.392. The van der Waals surface area contributed by atoms with E-state index < -0.39 is 6.04 Å². The van der Waals surface area contributed by atoms with Crippen LogP contribution in [0.15, 0.2) is 54.9 Å². The first-order valence-corrected chi connectivity index (χ1v) is 6.69. The number of hydrogen-bond donors (Lipinski definition) is 2. The molecule has 5 heteroatoms. The number of rotatable bonds is 4. The highest BCUT2D eigenvalue weighted by Gasteiger charge is 2.17. The second kappa shape index (κ2) is 5.95. The molecule has 0 aliphatic rings. The molecule has 2 aromatic heterocycles. The van der Waals surface area contributed by atoms with Crippen molar-refractivity contribution in [2.24, 2.45) is 5.84 Å². The SMILES string of the molecule is NNC(Cc1ccnc2ccccc12)c1ncccc1F. The molecule has 4 nitrogen and oxygen atoms in total. The molecule has 0 amide bonds. The van der Waals surface area contributed by atoms with Crippen LogP contribution >= 0.6 is 0 Å². The lowest BCUT2D eigenvalue weighted by Gasteiger charge is -2.17. The van der Waals surface area contributed by atoms with Gasteiger partial charge in [0.25, 0.3) is 0 Å². The number of nitrogens with one attached hydrogen (secondary N) is 1. The molecule has 1 aromatic carbocycles. The number of hydrogen-bond acceptors (Lipinski definition) is 4. The number of nitrogens with two attached hydrogens (primary N) is 1. The number of halogens is 1. The van der Waals surface area contributed by atoms with Gasteiger partial charge in [0.2, 0.25) is 0 Å². The van der Waals surface area contributed by atoms with Crippen LogP contribution in [-0.4, -0.2) is 9.97 Å². The summed E-state index contributed by atoms with van der Waals surface area (Å²) in [6.45, 7) is 0. The van der Waals surface area contributed by atoms with Crippen LogP contribution in [0.5, 0.6) is 0 Å². The second-order valence-corrected chi connectivity index (χ2v) is 4.78. The quantitative estimate of drug-likeness (QED) is 0.570. The van der Waals surface area contributed by atoms with Gasteiger partial charge in [-0.05, 0) is 36.2 Å². The summed E-state index contributed by atoms with van der Waals surface area (Å²) in [7, 11) is 0. The van der Waals surface area contributed by atoms with Gasteiger partial charge in [0.1, 0.15) is 5.82 Å². The predicted octanol–water partition coefficient (Wildman–Crippen LogP) is 2.52. The average molecular weight is 282 g/mol. The Hall–Kier alpha value is -2.37. The second-order valence-electron chi connectivity index (χ2n) is 4.78. The van der Waals surface area contributed by atoms with Crippen LogP contribution in [0, 0.1) is 5.82 Å². The Kier molecular flexibility index (Phi) is 3.85. The Morgan fingerprint density at radius 3 is 2.71 bits per heavy atom. The predicted molar refractivity (Wildman–Crippen MR) is 79.7 cm³/mol. The third-order valence-corrected chi connectivity index (χ3v) is 3.48. The molecule has 1 unspecified atom stereocenters. The van der Waals surface area contributed by atoms with E-state index in [9.17, 15) is 4.39 Å². The summed E-state index contributed by atoms with van der Waals surface area (Å²) < 4.78 is 13.9. The molecular weight excluding hydrogens is 267 g/mol. The maximum absolute atomic E-state index is 13.9. The first-order chi connectivity index (χ1) is 10.3. The summed E-state index contributed by atoms with van der Waals surface area (Å²) in [5.41, 5.74) is 4.93. The van der Waals surface area contributed by atoms with Crippen LogP contribution in [0.1, 0.15) is 17.3 Å². The fraction of sp³-hybridized carbons (Fsp3) is 0.125. The van der Waals surface area contributed by atoms with Gasteiger partial charge in [-0.25, -0.2) is 4.39 Å². The Balaban J connectivity index is 1.98. The third kappa shape index (κ3) is 2.74. The van der Waals surface area contributed by atoms with Crippen molar-refractivity contribution in [2.45, 2.75) is 12.5 Å². The lowest BCUT2D eigenvalue weighted by Crippen LogP contribution is -2.31. The maximum atomic E-state index is 13.9. The molecule has 0 fully saturated rings. The van der Waals surface area contributed by atoms with Gasteiger partial charge in [-0.15, -0.1) is 0 Å². The van der Waals surface area contributed by atoms with Crippen LogP contribution in [0.3, 0.4) is 0 Å². The van der Waals surface area contributed by atoms with Crippen molar-refractivity contribution in [2.75, 3.05) is 0 Å². The molecule has 0 saturated heterocycles. The van der Waals surface area contributed by atoms with E-state index in [1.165, 1.54) is 6.07 Å². The summed E-state index contributed by atoms with van der Waals surface area (Å²) in [6.07, 6.45) is 3.85. The van der Waals surface area contributed by atoms with E-state index in [1.54, 1.807) is 18.5 Å². The number of nitrogens with zero attached hydrogens (tertiary/aromatic N) is 2. The first kappa shape index (κ1) is 13.6. The maximum Gasteiger partial charge on any atom is 0.146 e. The fourth-order valence-electron chi connectivity index (χ4n) is 2.44. The Labute approximate surface area is 121 Å². The number of hydrazine groups is 1. The van der Waals surface area contributed by atoms with Gasteiger partial charge >= 0.3 is 0 Å². The minimum Gasteiger partial charge on any atom is -0.271 e. The standard InChI is InChI=1S/C16H15FN4/c17-13-5-3-8-20-16(13)15(21-18)10-11-7-9-19-14-6-2-1-4-12(11)14/h1-9,15,21H,10,18H2. The zero-order valence-corrected chi connectivity index (χ0v) is 11.3. The molecule has 0 aliphatic heterocycles. The van der Waals surface area contributed by atoms with Crippen molar-refractivity contribution in [3.63, 3.8) is 0 Å². The largest absolute Gasteiger partial charge is 0.271 e. The average Bonchev–Trinajstić information content (AvgIpc) is 2.53. The minimum absolute atomic E-state index is 0.320. The molecule has 3 aromatic rings. The molecule has 21 heavy (non-hydrogen) atoms. The summed E-state index contributed by atoms with van der Waals surface area (Å²) in [5, 5.41) is 1.04. The summed E-state index contributed by atoms with van der Waals surface area (Å²) in [5.74, 6) is 5.23. The smallest absolute Gasteiger partial charge is 0.146 e. The monoisotopic (exact) mass is 282 g/mol. The summed E-state index contributed by atoms with van der Waals surface area (Å²) in [4.78, 5) is 8.42. The number of aromatic nitrogens is 2. The normalized spacial score (nSPS) is 12.5. The number of fused-ring (bicyclic) bond motifs is 1. The molecule has 0 spiro atoms. The molecule has 2 heterocycles. The molecule has 106 valence electrons. The van der Waals surface area contributed by atoms with Crippen molar-refractivity contribution in [1.82, 2.24) is 15.4 Å². The van der Waals surface area contributed by atoms with E-state index in [4.69, 9.17) is 5.84 Å². The van der Waals surface area contributed by atoms with Crippen molar-refractivity contribution < 1.29 is 4.39 Å². The van der Waals surface area contributed by atoms with Gasteiger partial charge < -0.3 is 0 Å². The molecule has 0 bridgehead atoms. The van der Waals surface area contributed by atoms with Crippen molar-refractivity contribution in [3.8, 4) is 0 Å². The van der Waals surface area contributed by atoms with Crippen molar-refractivity contribution in [1.29, 1.82) is 0 Å². The zero-order chi connectivity index (χ0) is 14.7. The van der Waals surface area contributed by atoms with Crippen LogP contribution in [-0.2, 0) is 6.42 Å². The fourth-order valence-corrected chi connectivity index (χ4v) is 2.44. The van der Waals surface area contributed by atoms with Crippen LogP contribution in [0.4, 0.5) is 4.39 Å². The molecule has 0 saturated carbocycles. The Morgan fingerprint density at radius 1 is 1.05 bits per heavy atom. The van der Waals surface area contributed by atoms with E-state index in [2.05, 4.69) is 15.4 Å². The number of pyridine rings is 2. The van der Waals surface area contributed by atoms with Gasteiger partial charge in [-0.1, -0.05) is 18.2 Å². The molecule has 1 atom stereocenters. The van der Waals surface area contributed by atoms with E-state index in [0.29, 0.717) is 12.1 Å². The van der Waals surface area contributed by atoms with Crippen LogP contribution in [0.2, 0.25) is 0 Å². The first-order valence-electron chi connectivity index (χ1n) is 6.69. The molecule has 3 N–H and O–H groups in total. The van der Waals surface area contributed by atoms with Crippen LogP contribution in [0.25, 0.3) is 10.9 Å². The third-order valence-electron chi connectivity index (χ3n) is 3.48. The molecular formula is C16H15FN4. The van der Waals surface area contributed by atoms with Gasteiger partial charge in [0.15, 0.2) is 0 Å². The number of benzene rings is 1. The molecule has 0 radical (unpaired) electrons. The van der Waals surface area contributed by atoms with Gasteiger partial charge in [0.05, 0.1) is 17.3 Å². The highest BCUT2D eigenvalue weighted by molar-refractivity contribution is 5.81. The topological polar surface area (TPSA) is 63.8 Å². The van der Waals surface area contributed by atoms with E-state index >= 15 is 0 Å². The van der Waals surface area contributed by atoms with Gasteiger partial charge in [0, 0.05) is 17.8 Å². The summed E-state index contributed by atoms with van der Waals surface area (Å²) in [6, 6.07) is 12.3. The molecule has 0 aliphatic carbocycles. The van der Waals surface area contributed by atoms with Crippen molar-refractivity contribution >= 4 is 10.9 Å². The van der Waals surface area contributed by atoms with E-state index in [-0.39, 0.29) is 5.82 Å².